The van der Waals surface area contributed by atoms with Crippen LogP contribution in [0.5, 0.6) is 11.5 Å². The lowest BCUT2D eigenvalue weighted by Crippen LogP contribution is -2.49. The number of benzene rings is 3. The number of hydrazone groups is 1. The van der Waals surface area contributed by atoms with E-state index in [0.29, 0.717) is 32.1 Å². The van der Waals surface area contributed by atoms with E-state index < -0.39 is 17.7 Å². The number of halogens is 3. The minimum atomic E-state index is -0.502. The Morgan fingerprint density at radius 1 is 0.974 bits per heavy atom. The van der Waals surface area contributed by atoms with Gasteiger partial charge in [-0.2, -0.15) is 0 Å². The summed E-state index contributed by atoms with van der Waals surface area (Å²) in [6.45, 7) is 8.21. The SMILES string of the molecule is CCOC(=O)C1=NN(c2ccc(Cl)cc2)C(c2ccc(OCc3c(Cl)cccc3Cl)c(OC)c2)N1C(C)(C)C. The topological polar surface area (TPSA) is 63.6 Å². The maximum absolute atomic E-state index is 13.1. The van der Waals surface area contributed by atoms with Crippen LogP contribution in [0.25, 0.3) is 0 Å². The first kappa shape index (κ1) is 28.9. The third-order valence-electron chi connectivity index (χ3n) is 6.10. The van der Waals surface area contributed by atoms with E-state index in [9.17, 15) is 4.79 Å². The minimum absolute atomic E-state index is 0.165. The third-order valence-corrected chi connectivity index (χ3v) is 7.06. The van der Waals surface area contributed by atoms with Gasteiger partial charge in [-0.1, -0.05) is 46.9 Å². The maximum Gasteiger partial charge on any atom is 0.376 e. The van der Waals surface area contributed by atoms with E-state index in [0.717, 1.165) is 11.3 Å². The lowest BCUT2D eigenvalue weighted by Gasteiger charge is -2.40. The van der Waals surface area contributed by atoms with Gasteiger partial charge in [0.25, 0.3) is 0 Å². The Morgan fingerprint density at radius 3 is 2.23 bits per heavy atom. The number of carbonyl (C=O) groups excluding carboxylic acids is 1. The smallest absolute Gasteiger partial charge is 0.376 e. The van der Waals surface area contributed by atoms with Crippen molar-refractivity contribution in [3.05, 3.63) is 86.9 Å². The van der Waals surface area contributed by atoms with Gasteiger partial charge in [0.1, 0.15) is 6.61 Å². The summed E-state index contributed by atoms with van der Waals surface area (Å²) in [5, 5.41) is 8.16. The highest BCUT2D eigenvalue weighted by atomic mass is 35.5. The minimum Gasteiger partial charge on any atom is -0.493 e. The molecule has 0 bridgehead atoms. The van der Waals surface area contributed by atoms with Gasteiger partial charge in [0.2, 0.25) is 5.84 Å². The maximum atomic E-state index is 13.1. The summed E-state index contributed by atoms with van der Waals surface area (Å²) in [4.78, 5) is 15.0. The van der Waals surface area contributed by atoms with Gasteiger partial charge >= 0.3 is 5.97 Å². The number of amidine groups is 1. The Hall–Kier alpha value is -3.13. The fraction of sp³-hybridized carbons (Fsp3) is 0.310. The van der Waals surface area contributed by atoms with Crippen LogP contribution < -0.4 is 14.5 Å². The molecule has 0 amide bonds. The summed E-state index contributed by atoms with van der Waals surface area (Å²) >= 11 is 18.8. The lowest BCUT2D eigenvalue weighted by molar-refractivity contribution is -0.136. The van der Waals surface area contributed by atoms with Gasteiger partial charge < -0.3 is 19.1 Å². The van der Waals surface area contributed by atoms with Crippen molar-refractivity contribution in [1.29, 1.82) is 0 Å². The second-order valence-electron chi connectivity index (χ2n) is 9.78. The number of rotatable bonds is 8. The summed E-state index contributed by atoms with van der Waals surface area (Å²) in [5.41, 5.74) is 1.76. The van der Waals surface area contributed by atoms with Crippen LogP contribution in [0.2, 0.25) is 15.1 Å². The number of hydrogen-bond donors (Lipinski definition) is 0. The molecule has 3 aromatic carbocycles. The van der Waals surface area contributed by atoms with Crippen LogP contribution in [-0.4, -0.2) is 36.0 Å². The zero-order valence-corrected chi connectivity index (χ0v) is 24.6. The summed E-state index contributed by atoms with van der Waals surface area (Å²) in [6.07, 6.45) is -0.494. The molecule has 0 fully saturated rings. The standard InChI is InChI=1S/C29H30Cl3N3O4/c1-6-38-28(36)26-33-35(20-13-11-19(30)12-14-20)27(34(26)29(2,3)4)18-10-15-24(25(16-18)37-5)39-17-21-22(31)8-7-9-23(21)32/h7-16,27H,6,17H2,1-5H3. The van der Waals surface area contributed by atoms with Gasteiger partial charge in [0, 0.05) is 31.7 Å². The van der Waals surface area contributed by atoms with Crippen LogP contribution >= 0.6 is 34.8 Å². The monoisotopic (exact) mass is 589 g/mol. The second-order valence-corrected chi connectivity index (χ2v) is 11.0. The quantitative estimate of drug-likeness (QED) is 0.250. The molecular weight excluding hydrogens is 561 g/mol. The summed E-state index contributed by atoms with van der Waals surface area (Å²) in [5.74, 6) is 0.724. The van der Waals surface area contributed by atoms with E-state index in [1.165, 1.54) is 0 Å². The highest BCUT2D eigenvalue weighted by Crippen LogP contribution is 2.43. The highest BCUT2D eigenvalue weighted by Gasteiger charge is 2.45. The van der Waals surface area contributed by atoms with Gasteiger partial charge in [0.15, 0.2) is 17.7 Å². The third kappa shape index (κ3) is 6.21. The van der Waals surface area contributed by atoms with Crippen molar-refractivity contribution in [2.45, 2.75) is 46.0 Å². The molecule has 1 aliphatic heterocycles. The Balaban J connectivity index is 1.76. The van der Waals surface area contributed by atoms with Gasteiger partial charge in [-0.3, -0.25) is 0 Å². The molecule has 0 aromatic heterocycles. The number of anilines is 1. The first-order valence-corrected chi connectivity index (χ1v) is 13.5. The van der Waals surface area contributed by atoms with Crippen molar-refractivity contribution >= 4 is 52.3 Å². The molecule has 3 aromatic rings. The zero-order valence-electron chi connectivity index (χ0n) is 22.4. The molecule has 0 spiro atoms. The first-order valence-electron chi connectivity index (χ1n) is 12.4. The van der Waals surface area contributed by atoms with E-state index in [-0.39, 0.29) is 19.0 Å². The largest absolute Gasteiger partial charge is 0.493 e. The highest BCUT2D eigenvalue weighted by molar-refractivity contribution is 6.36. The van der Waals surface area contributed by atoms with Crippen LogP contribution in [0.4, 0.5) is 5.69 Å². The van der Waals surface area contributed by atoms with Crippen molar-refractivity contribution in [1.82, 2.24) is 4.90 Å². The number of carbonyl (C=O) groups is 1. The molecule has 10 heteroatoms. The fourth-order valence-electron chi connectivity index (χ4n) is 4.32. The van der Waals surface area contributed by atoms with Gasteiger partial charge in [0.05, 0.1) is 19.4 Å². The molecule has 0 aliphatic carbocycles. The molecule has 1 atom stereocenters. The summed E-state index contributed by atoms with van der Waals surface area (Å²) in [7, 11) is 1.57. The Labute approximate surface area is 243 Å². The zero-order chi connectivity index (χ0) is 28.3. The molecule has 0 saturated carbocycles. The van der Waals surface area contributed by atoms with E-state index in [4.69, 9.17) is 54.1 Å². The van der Waals surface area contributed by atoms with Gasteiger partial charge in [-0.25, -0.2) is 9.80 Å². The Morgan fingerprint density at radius 2 is 1.64 bits per heavy atom. The predicted molar refractivity (Wildman–Crippen MR) is 156 cm³/mol. The molecular formula is C29H30Cl3N3O4. The molecule has 1 heterocycles. The summed E-state index contributed by atoms with van der Waals surface area (Å²) in [6, 6.07) is 18.2. The van der Waals surface area contributed by atoms with Gasteiger partial charge in [-0.15, -0.1) is 5.10 Å². The Kier molecular flexibility index (Phi) is 8.84. The lowest BCUT2D eigenvalue weighted by atomic mass is 10.0. The van der Waals surface area contributed by atoms with Gasteiger partial charge in [-0.05, 0) is 76.2 Å². The normalized spacial score (nSPS) is 15.3. The molecule has 0 saturated heterocycles. The number of hydrogen-bond acceptors (Lipinski definition) is 7. The van der Waals surface area contributed by atoms with Crippen molar-refractivity contribution in [3.8, 4) is 11.5 Å². The number of esters is 1. The average molecular weight is 591 g/mol. The number of nitrogens with zero attached hydrogens (tertiary/aromatic N) is 3. The average Bonchev–Trinajstić information content (AvgIpc) is 3.31. The van der Waals surface area contributed by atoms with E-state index in [1.54, 1.807) is 49.4 Å². The molecule has 4 rings (SSSR count). The van der Waals surface area contributed by atoms with Crippen LogP contribution in [0, 0.1) is 0 Å². The van der Waals surface area contributed by atoms with E-state index >= 15 is 0 Å². The molecule has 7 nitrogen and oxygen atoms in total. The predicted octanol–water partition coefficient (Wildman–Crippen LogP) is 7.73. The molecule has 1 unspecified atom stereocenters. The fourth-order valence-corrected chi connectivity index (χ4v) is 4.95. The molecule has 1 aliphatic rings. The molecule has 0 radical (unpaired) electrons. The number of ether oxygens (including phenoxy) is 3. The Bertz CT molecular complexity index is 1350. The van der Waals surface area contributed by atoms with Crippen molar-refractivity contribution in [2.24, 2.45) is 5.10 Å². The van der Waals surface area contributed by atoms with E-state index in [2.05, 4.69) is 0 Å². The van der Waals surface area contributed by atoms with Crippen molar-refractivity contribution in [3.63, 3.8) is 0 Å². The van der Waals surface area contributed by atoms with E-state index in [1.807, 2.05) is 56.0 Å². The van der Waals surface area contributed by atoms with Crippen molar-refractivity contribution < 1.29 is 19.0 Å². The molecule has 39 heavy (non-hydrogen) atoms. The number of methoxy groups -OCH3 is 1. The summed E-state index contributed by atoms with van der Waals surface area (Å²) < 4.78 is 17.1. The van der Waals surface area contributed by atoms with Crippen LogP contribution in [0.15, 0.2) is 65.8 Å². The van der Waals surface area contributed by atoms with Crippen molar-refractivity contribution in [2.75, 3.05) is 18.7 Å². The molecule has 0 N–H and O–H groups in total. The van der Waals surface area contributed by atoms with Crippen LogP contribution in [0.3, 0.4) is 0 Å². The second kappa shape index (κ2) is 11.9. The van der Waals surface area contributed by atoms with Crippen LogP contribution in [0.1, 0.15) is 45.0 Å². The van der Waals surface area contributed by atoms with Crippen LogP contribution in [-0.2, 0) is 16.1 Å². The molecule has 206 valence electrons. The first-order chi connectivity index (χ1) is 18.5.